The molecule has 5 nitrogen and oxygen atoms in total. The SMILES string of the molecule is Cl.N[C@@H]1C[C@@H](c2nc(-c3ccc(F)c(F)c3)nn2CC(F)(F)F)CC[C@H]1O. The van der Waals surface area contributed by atoms with Gasteiger partial charge in [-0.2, -0.15) is 18.3 Å². The molecule has 3 N–H and O–H groups in total. The minimum absolute atomic E-state index is 0. The maximum Gasteiger partial charge on any atom is 0.408 e. The average molecular weight is 413 g/mol. The second-order valence-corrected chi connectivity index (χ2v) is 6.44. The lowest BCUT2D eigenvalue weighted by Gasteiger charge is -2.30. The largest absolute Gasteiger partial charge is 0.408 e. The molecule has 1 aromatic carbocycles. The van der Waals surface area contributed by atoms with Crippen LogP contribution in [0.1, 0.15) is 31.0 Å². The molecule has 0 unspecified atom stereocenters. The van der Waals surface area contributed by atoms with Gasteiger partial charge in [-0.15, -0.1) is 12.4 Å². The van der Waals surface area contributed by atoms with Gasteiger partial charge in [0, 0.05) is 17.5 Å². The summed E-state index contributed by atoms with van der Waals surface area (Å²) in [7, 11) is 0. The van der Waals surface area contributed by atoms with Crippen LogP contribution in [0.5, 0.6) is 0 Å². The molecule has 27 heavy (non-hydrogen) atoms. The summed E-state index contributed by atoms with van der Waals surface area (Å²) < 4.78 is 65.9. The summed E-state index contributed by atoms with van der Waals surface area (Å²) in [6.07, 6.45) is -4.23. The lowest BCUT2D eigenvalue weighted by Crippen LogP contribution is -2.40. The van der Waals surface area contributed by atoms with Gasteiger partial charge in [-0.3, -0.25) is 0 Å². The topological polar surface area (TPSA) is 77.0 Å². The Morgan fingerprint density at radius 3 is 2.48 bits per heavy atom. The minimum Gasteiger partial charge on any atom is -0.392 e. The number of aliphatic hydroxyl groups is 1. The van der Waals surface area contributed by atoms with Crippen molar-refractivity contribution < 1.29 is 27.1 Å². The fourth-order valence-corrected chi connectivity index (χ4v) is 3.12. The maximum atomic E-state index is 13.4. The predicted molar refractivity (Wildman–Crippen MR) is 89.3 cm³/mol. The van der Waals surface area contributed by atoms with Gasteiger partial charge in [-0.1, -0.05) is 0 Å². The number of nitrogens with two attached hydrogens (primary N) is 1. The van der Waals surface area contributed by atoms with Crippen molar-refractivity contribution in [2.24, 2.45) is 5.73 Å². The van der Waals surface area contributed by atoms with E-state index >= 15 is 0 Å². The monoisotopic (exact) mass is 412 g/mol. The van der Waals surface area contributed by atoms with E-state index in [9.17, 15) is 27.1 Å². The van der Waals surface area contributed by atoms with Gasteiger partial charge >= 0.3 is 6.18 Å². The van der Waals surface area contributed by atoms with E-state index in [4.69, 9.17) is 5.73 Å². The number of benzene rings is 1. The number of aromatic nitrogens is 3. The molecule has 11 heteroatoms. The molecule has 0 aliphatic heterocycles. The molecule has 0 saturated heterocycles. The summed E-state index contributed by atoms with van der Waals surface area (Å²) in [6, 6.07) is 2.33. The molecule has 1 saturated carbocycles. The molecule has 0 amide bonds. The van der Waals surface area contributed by atoms with Crippen LogP contribution >= 0.6 is 12.4 Å². The minimum atomic E-state index is -4.52. The second kappa shape index (κ2) is 8.07. The van der Waals surface area contributed by atoms with Crippen LogP contribution in [0.3, 0.4) is 0 Å². The third-order valence-electron chi connectivity index (χ3n) is 4.43. The van der Waals surface area contributed by atoms with Gasteiger partial charge in [0.05, 0.1) is 6.10 Å². The Labute approximate surface area is 157 Å². The fourth-order valence-electron chi connectivity index (χ4n) is 3.12. The third-order valence-corrected chi connectivity index (χ3v) is 4.43. The van der Waals surface area contributed by atoms with Gasteiger partial charge in [0.15, 0.2) is 17.5 Å². The molecule has 0 spiro atoms. The molecule has 150 valence electrons. The molecule has 1 aromatic heterocycles. The second-order valence-electron chi connectivity index (χ2n) is 6.44. The number of hydrogen-bond acceptors (Lipinski definition) is 4. The van der Waals surface area contributed by atoms with Gasteiger partial charge in [-0.25, -0.2) is 18.4 Å². The Morgan fingerprint density at radius 2 is 1.89 bits per heavy atom. The van der Waals surface area contributed by atoms with E-state index in [2.05, 4.69) is 10.1 Å². The van der Waals surface area contributed by atoms with Gasteiger partial charge in [0.25, 0.3) is 0 Å². The van der Waals surface area contributed by atoms with E-state index in [1.54, 1.807) is 0 Å². The number of halogens is 6. The average Bonchev–Trinajstić information content (AvgIpc) is 2.94. The van der Waals surface area contributed by atoms with Gasteiger partial charge < -0.3 is 10.8 Å². The van der Waals surface area contributed by atoms with Crippen LogP contribution in [0.15, 0.2) is 18.2 Å². The number of aliphatic hydroxyl groups excluding tert-OH is 1. The summed E-state index contributed by atoms with van der Waals surface area (Å²) in [5, 5.41) is 13.6. The summed E-state index contributed by atoms with van der Waals surface area (Å²) in [6.45, 7) is -1.35. The first-order valence-electron chi connectivity index (χ1n) is 8.04. The van der Waals surface area contributed by atoms with Crippen LogP contribution in [0, 0.1) is 11.6 Å². The first-order chi connectivity index (χ1) is 12.1. The Bertz CT molecular complexity index is 798. The molecule has 1 aliphatic rings. The van der Waals surface area contributed by atoms with Gasteiger partial charge in [-0.05, 0) is 37.5 Å². The number of hydrogen-bond donors (Lipinski definition) is 2. The lowest BCUT2D eigenvalue weighted by molar-refractivity contribution is -0.143. The van der Waals surface area contributed by atoms with Gasteiger partial charge in [0.1, 0.15) is 12.4 Å². The molecule has 0 bridgehead atoms. The Morgan fingerprint density at radius 1 is 1.19 bits per heavy atom. The van der Waals surface area contributed by atoms with E-state index in [1.165, 1.54) is 6.07 Å². The zero-order valence-electron chi connectivity index (χ0n) is 14.0. The standard InChI is InChI=1S/C16H17F5N4O.ClH/c17-10-3-1-8(5-11(10)18)14-23-15(25(24-14)7-16(19,20)21)9-2-4-13(26)12(22)6-9;/h1,3,5,9,12-13,26H,2,4,6-7,22H2;1H/t9-,12+,13+;/m0./s1. The van der Waals surface area contributed by atoms with Crippen molar-refractivity contribution in [1.82, 2.24) is 14.8 Å². The summed E-state index contributed by atoms with van der Waals surface area (Å²) in [5.74, 6) is -2.68. The highest BCUT2D eigenvalue weighted by molar-refractivity contribution is 5.85. The molecular formula is C16H18ClF5N4O. The van der Waals surface area contributed by atoms with E-state index < -0.39 is 42.4 Å². The molecule has 1 aliphatic carbocycles. The molecular weight excluding hydrogens is 395 g/mol. The van der Waals surface area contributed by atoms with Crippen molar-refractivity contribution in [2.45, 2.75) is 50.0 Å². The molecule has 0 radical (unpaired) electrons. The van der Waals surface area contributed by atoms with Crippen LogP contribution in [0.2, 0.25) is 0 Å². The number of rotatable bonds is 3. The lowest BCUT2D eigenvalue weighted by atomic mass is 9.83. The Hall–Kier alpha value is -1.78. The van der Waals surface area contributed by atoms with Crippen molar-refractivity contribution in [1.29, 1.82) is 0 Å². The summed E-state index contributed by atoms with van der Waals surface area (Å²) in [5.41, 5.74) is 5.89. The molecule has 2 aromatic rings. The zero-order chi connectivity index (χ0) is 19.1. The van der Waals surface area contributed by atoms with E-state index in [1.807, 2.05) is 0 Å². The Kier molecular flexibility index (Phi) is 6.43. The normalized spacial score (nSPS) is 23.1. The zero-order valence-corrected chi connectivity index (χ0v) is 14.8. The van der Waals surface area contributed by atoms with E-state index in [0.717, 1.165) is 16.8 Å². The quantitative estimate of drug-likeness (QED) is 0.759. The molecule has 3 atom stereocenters. The first-order valence-corrected chi connectivity index (χ1v) is 8.04. The summed E-state index contributed by atoms with van der Waals surface area (Å²) in [4.78, 5) is 4.14. The van der Waals surface area contributed by atoms with Crippen molar-refractivity contribution in [3.05, 3.63) is 35.7 Å². The van der Waals surface area contributed by atoms with Crippen molar-refractivity contribution >= 4 is 12.4 Å². The van der Waals surface area contributed by atoms with Crippen molar-refractivity contribution in [3.63, 3.8) is 0 Å². The van der Waals surface area contributed by atoms with Crippen LogP contribution in [0.4, 0.5) is 22.0 Å². The van der Waals surface area contributed by atoms with Crippen LogP contribution < -0.4 is 5.73 Å². The van der Waals surface area contributed by atoms with Crippen LogP contribution in [-0.2, 0) is 6.54 Å². The van der Waals surface area contributed by atoms with E-state index in [-0.39, 0.29) is 36.0 Å². The van der Waals surface area contributed by atoms with Crippen molar-refractivity contribution in [2.75, 3.05) is 0 Å². The first kappa shape index (κ1) is 21.5. The molecule has 1 fully saturated rings. The smallest absolute Gasteiger partial charge is 0.392 e. The highest BCUT2D eigenvalue weighted by Gasteiger charge is 2.35. The molecule has 1 heterocycles. The number of nitrogens with zero attached hydrogens (tertiary/aromatic N) is 3. The third kappa shape index (κ3) is 4.94. The van der Waals surface area contributed by atoms with E-state index in [0.29, 0.717) is 12.8 Å². The fraction of sp³-hybridized carbons (Fsp3) is 0.500. The van der Waals surface area contributed by atoms with Crippen LogP contribution in [-0.4, -0.2) is 38.2 Å². The highest BCUT2D eigenvalue weighted by Crippen LogP contribution is 2.34. The van der Waals surface area contributed by atoms with Gasteiger partial charge in [0.2, 0.25) is 0 Å². The highest BCUT2D eigenvalue weighted by atomic mass is 35.5. The Balaban J connectivity index is 0.00000261. The number of alkyl halides is 3. The maximum absolute atomic E-state index is 13.4. The van der Waals surface area contributed by atoms with Crippen LogP contribution in [0.25, 0.3) is 11.4 Å². The predicted octanol–water partition coefficient (Wildman–Crippen LogP) is 3.16. The molecule has 3 rings (SSSR count). The summed E-state index contributed by atoms with van der Waals surface area (Å²) >= 11 is 0. The van der Waals surface area contributed by atoms with Crippen molar-refractivity contribution in [3.8, 4) is 11.4 Å².